The minimum Gasteiger partial charge on any atom is -0.355 e. The quantitative estimate of drug-likeness (QED) is 0.712. The number of amides is 1. The lowest BCUT2D eigenvalue weighted by Crippen LogP contribution is -2.60. The van der Waals surface area contributed by atoms with E-state index in [9.17, 15) is 4.79 Å². The zero-order valence-electron chi connectivity index (χ0n) is 8.94. The van der Waals surface area contributed by atoms with Crippen LogP contribution < -0.4 is 10.6 Å². The van der Waals surface area contributed by atoms with Crippen LogP contribution in [0.5, 0.6) is 0 Å². The molecule has 2 N–H and O–H groups in total. The van der Waals surface area contributed by atoms with Gasteiger partial charge >= 0.3 is 0 Å². The van der Waals surface area contributed by atoms with Crippen molar-refractivity contribution in [3.8, 4) is 0 Å². The van der Waals surface area contributed by atoms with E-state index in [0.717, 1.165) is 25.8 Å². The second-order valence-electron chi connectivity index (χ2n) is 4.62. The molecule has 0 aromatic carbocycles. The summed E-state index contributed by atoms with van der Waals surface area (Å²) in [5.74, 6) is 0.205. The molecule has 1 unspecified atom stereocenters. The van der Waals surface area contributed by atoms with E-state index in [-0.39, 0.29) is 11.9 Å². The topological polar surface area (TPSA) is 41.1 Å². The molecular formula is C11H20N2O. The van der Waals surface area contributed by atoms with Gasteiger partial charge in [-0.15, -0.1) is 0 Å². The summed E-state index contributed by atoms with van der Waals surface area (Å²) in [6.45, 7) is 3.07. The van der Waals surface area contributed by atoms with Crippen LogP contribution in [0.15, 0.2) is 0 Å². The molecule has 1 atom stereocenters. The van der Waals surface area contributed by atoms with E-state index in [1.807, 2.05) is 0 Å². The van der Waals surface area contributed by atoms with Crippen LogP contribution in [0.3, 0.4) is 0 Å². The Bertz CT molecular complexity index is 218. The molecule has 1 amide bonds. The van der Waals surface area contributed by atoms with Gasteiger partial charge in [0.2, 0.25) is 5.91 Å². The van der Waals surface area contributed by atoms with Gasteiger partial charge in [0.15, 0.2) is 0 Å². The van der Waals surface area contributed by atoms with Crippen LogP contribution in [0.1, 0.15) is 45.4 Å². The second kappa shape index (κ2) is 3.89. The Hall–Kier alpha value is -0.570. The summed E-state index contributed by atoms with van der Waals surface area (Å²) in [6, 6.07) is 0.0731. The number of hydrogen-bond donors (Lipinski definition) is 2. The molecule has 2 aliphatic rings. The van der Waals surface area contributed by atoms with Crippen LogP contribution in [0.2, 0.25) is 0 Å². The zero-order chi connectivity index (χ0) is 10.0. The zero-order valence-corrected chi connectivity index (χ0v) is 8.94. The molecule has 3 nitrogen and oxygen atoms in total. The molecule has 0 aromatic rings. The van der Waals surface area contributed by atoms with Crippen molar-refractivity contribution in [3.63, 3.8) is 0 Å². The van der Waals surface area contributed by atoms with Gasteiger partial charge in [-0.25, -0.2) is 0 Å². The number of hydrogen-bond acceptors (Lipinski definition) is 2. The Labute approximate surface area is 85.6 Å². The predicted octanol–water partition coefficient (Wildman–Crippen LogP) is 1.19. The smallest absolute Gasteiger partial charge is 0.237 e. The van der Waals surface area contributed by atoms with Gasteiger partial charge < -0.3 is 10.6 Å². The van der Waals surface area contributed by atoms with Crippen LogP contribution in [0, 0.1) is 0 Å². The third kappa shape index (κ3) is 1.78. The predicted molar refractivity (Wildman–Crippen MR) is 56.0 cm³/mol. The number of nitrogens with one attached hydrogen (secondary N) is 2. The number of rotatable bonds is 3. The summed E-state index contributed by atoms with van der Waals surface area (Å²) in [5.41, 5.74) is 0.291. The average molecular weight is 196 g/mol. The lowest BCUT2D eigenvalue weighted by atomic mass is 9.74. The van der Waals surface area contributed by atoms with E-state index >= 15 is 0 Å². The molecule has 1 saturated carbocycles. The molecule has 80 valence electrons. The third-order valence-electron chi connectivity index (χ3n) is 3.75. The van der Waals surface area contributed by atoms with Crippen molar-refractivity contribution in [2.75, 3.05) is 6.54 Å². The monoisotopic (exact) mass is 196 g/mol. The standard InChI is InChI=1S/C11H20N2O/c1-2-11(6-4-7-11)13-9-5-3-8-12-10(9)14/h9,13H,2-8H2,1H3,(H,12,14). The largest absolute Gasteiger partial charge is 0.355 e. The van der Waals surface area contributed by atoms with Gasteiger partial charge in [0.25, 0.3) is 0 Å². The molecule has 0 spiro atoms. The molecular weight excluding hydrogens is 176 g/mol. The maximum Gasteiger partial charge on any atom is 0.237 e. The van der Waals surface area contributed by atoms with E-state index in [0.29, 0.717) is 5.54 Å². The molecule has 1 heterocycles. The van der Waals surface area contributed by atoms with Crippen molar-refractivity contribution in [1.29, 1.82) is 0 Å². The van der Waals surface area contributed by atoms with Crippen molar-refractivity contribution < 1.29 is 4.79 Å². The Morgan fingerprint density at radius 1 is 1.50 bits per heavy atom. The molecule has 2 rings (SSSR count). The molecule has 0 radical (unpaired) electrons. The van der Waals surface area contributed by atoms with Crippen molar-refractivity contribution in [3.05, 3.63) is 0 Å². The third-order valence-corrected chi connectivity index (χ3v) is 3.75. The van der Waals surface area contributed by atoms with Crippen molar-refractivity contribution in [1.82, 2.24) is 10.6 Å². The van der Waals surface area contributed by atoms with Gasteiger partial charge in [0.1, 0.15) is 0 Å². The first-order chi connectivity index (χ1) is 6.76. The van der Waals surface area contributed by atoms with Crippen LogP contribution in [0.4, 0.5) is 0 Å². The first-order valence-electron chi connectivity index (χ1n) is 5.81. The molecule has 14 heavy (non-hydrogen) atoms. The van der Waals surface area contributed by atoms with E-state index < -0.39 is 0 Å². The number of piperidine rings is 1. The van der Waals surface area contributed by atoms with E-state index in [1.165, 1.54) is 19.3 Å². The van der Waals surface area contributed by atoms with Crippen LogP contribution in [0.25, 0.3) is 0 Å². The molecule has 0 aromatic heterocycles. The fourth-order valence-corrected chi connectivity index (χ4v) is 2.48. The Morgan fingerprint density at radius 2 is 2.29 bits per heavy atom. The molecule has 1 aliphatic heterocycles. The fourth-order valence-electron chi connectivity index (χ4n) is 2.48. The first kappa shape index (κ1) is 9.97. The van der Waals surface area contributed by atoms with Gasteiger partial charge in [-0.1, -0.05) is 6.92 Å². The number of carbonyl (C=O) groups is 1. The van der Waals surface area contributed by atoms with Crippen molar-refractivity contribution in [2.45, 2.75) is 57.0 Å². The molecule has 2 fully saturated rings. The van der Waals surface area contributed by atoms with Gasteiger partial charge in [-0.05, 0) is 38.5 Å². The lowest BCUT2D eigenvalue weighted by Gasteiger charge is -2.45. The van der Waals surface area contributed by atoms with Crippen LogP contribution >= 0.6 is 0 Å². The maximum absolute atomic E-state index is 11.6. The average Bonchev–Trinajstić information content (AvgIpc) is 2.14. The fraction of sp³-hybridized carbons (Fsp3) is 0.909. The van der Waals surface area contributed by atoms with Crippen LogP contribution in [-0.4, -0.2) is 24.0 Å². The number of carbonyl (C=O) groups excluding carboxylic acids is 1. The Morgan fingerprint density at radius 3 is 2.79 bits per heavy atom. The van der Waals surface area contributed by atoms with E-state index in [1.54, 1.807) is 0 Å². The summed E-state index contributed by atoms with van der Waals surface area (Å²) >= 11 is 0. The second-order valence-corrected chi connectivity index (χ2v) is 4.62. The molecule has 1 aliphatic carbocycles. The van der Waals surface area contributed by atoms with E-state index in [2.05, 4.69) is 17.6 Å². The molecule has 0 bridgehead atoms. The summed E-state index contributed by atoms with van der Waals surface area (Å²) in [5, 5.41) is 6.48. The minimum atomic E-state index is 0.0731. The van der Waals surface area contributed by atoms with Gasteiger partial charge in [0.05, 0.1) is 6.04 Å². The minimum absolute atomic E-state index is 0.0731. The van der Waals surface area contributed by atoms with Gasteiger partial charge in [-0.3, -0.25) is 4.79 Å². The highest BCUT2D eigenvalue weighted by Gasteiger charge is 2.38. The highest BCUT2D eigenvalue weighted by molar-refractivity contribution is 5.82. The summed E-state index contributed by atoms with van der Waals surface area (Å²) < 4.78 is 0. The normalized spacial score (nSPS) is 30.6. The lowest BCUT2D eigenvalue weighted by molar-refractivity contribution is -0.125. The molecule has 1 saturated heterocycles. The first-order valence-corrected chi connectivity index (χ1v) is 5.81. The highest BCUT2D eigenvalue weighted by Crippen LogP contribution is 2.35. The van der Waals surface area contributed by atoms with Crippen LogP contribution in [-0.2, 0) is 4.79 Å². The van der Waals surface area contributed by atoms with Crippen molar-refractivity contribution in [2.24, 2.45) is 0 Å². The van der Waals surface area contributed by atoms with Gasteiger partial charge in [0, 0.05) is 12.1 Å². The van der Waals surface area contributed by atoms with E-state index in [4.69, 9.17) is 0 Å². The Balaban J connectivity index is 1.91. The maximum atomic E-state index is 11.6. The van der Waals surface area contributed by atoms with Crippen molar-refractivity contribution >= 4 is 5.91 Å². The Kier molecular flexibility index (Phi) is 2.77. The molecule has 3 heteroatoms. The highest BCUT2D eigenvalue weighted by atomic mass is 16.2. The summed E-state index contributed by atoms with van der Waals surface area (Å²) in [6.07, 6.45) is 7.07. The SMILES string of the molecule is CCC1(NC2CCCNC2=O)CCC1. The van der Waals surface area contributed by atoms with Gasteiger partial charge in [-0.2, -0.15) is 0 Å². The summed E-state index contributed by atoms with van der Waals surface area (Å²) in [7, 11) is 0. The summed E-state index contributed by atoms with van der Waals surface area (Å²) in [4.78, 5) is 11.6.